The molecule has 0 aromatic rings. The Morgan fingerprint density at radius 2 is 0.734 bits per heavy atom. The molecule has 1 unspecified atom stereocenters. The number of unbranched alkanes of at least 4 members (excludes halogenated alkanes) is 21. The number of allylic oxidation sites excluding steroid dienone is 16. The van der Waals surface area contributed by atoms with Crippen LogP contribution in [0.15, 0.2) is 97.2 Å². The molecule has 0 aromatic carbocycles. The molecule has 0 heterocycles. The zero-order valence-electron chi connectivity index (χ0n) is 42.0. The highest BCUT2D eigenvalue weighted by molar-refractivity contribution is 5.70. The summed E-state index contributed by atoms with van der Waals surface area (Å²) in [6, 6.07) is 0. The quantitative estimate of drug-likeness (QED) is 0.0346. The van der Waals surface area contributed by atoms with E-state index in [2.05, 4.69) is 118 Å². The van der Waals surface area contributed by atoms with Gasteiger partial charge in [-0.15, -0.1) is 0 Å². The van der Waals surface area contributed by atoms with Gasteiger partial charge in [-0.2, -0.15) is 0 Å². The van der Waals surface area contributed by atoms with E-state index in [1.807, 2.05) is 0 Å². The second-order valence-electron chi connectivity index (χ2n) is 17.4. The molecule has 1 atom stereocenters. The van der Waals surface area contributed by atoms with Crippen LogP contribution in [0.25, 0.3) is 0 Å². The van der Waals surface area contributed by atoms with Gasteiger partial charge in [0.15, 0.2) is 6.10 Å². The molecular weight excluding hydrogens is 789 g/mol. The first-order valence-corrected chi connectivity index (χ1v) is 26.8. The molecule has 0 aromatic heterocycles. The van der Waals surface area contributed by atoms with Crippen LogP contribution in [0.3, 0.4) is 0 Å². The number of carbonyl (C=O) groups excluding carboxylic acids is 2. The Bertz CT molecular complexity index is 1230. The molecule has 366 valence electrons. The third kappa shape index (κ3) is 51.5. The van der Waals surface area contributed by atoms with Crippen molar-refractivity contribution in [1.82, 2.24) is 0 Å². The fraction of sp³-hybridized carbons (Fsp3) is 0.695. The van der Waals surface area contributed by atoms with Crippen molar-refractivity contribution in [3.63, 3.8) is 0 Å². The molecule has 0 radical (unpaired) electrons. The maximum absolute atomic E-state index is 12.8. The van der Waals surface area contributed by atoms with Crippen LogP contribution in [0.1, 0.15) is 239 Å². The van der Waals surface area contributed by atoms with Gasteiger partial charge in [-0.25, -0.2) is 0 Å². The van der Waals surface area contributed by atoms with Crippen molar-refractivity contribution in [2.45, 2.75) is 245 Å². The van der Waals surface area contributed by atoms with E-state index in [4.69, 9.17) is 14.2 Å². The first-order chi connectivity index (χ1) is 31.6. The van der Waals surface area contributed by atoms with Gasteiger partial charge in [0.1, 0.15) is 6.61 Å². The Morgan fingerprint density at radius 3 is 1.22 bits per heavy atom. The summed E-state index contributed by atoms with van der Waals surface area (Å²) in [5.41, 5.74) is 0. The third-order valence-corrected chi connectivity index (χ3v) is 11.1. The zero-order chi connectivity index (χ0) is 46.3. The highest BCUT2D eigenvalue weighted by Gasteiger charge is 2.17. The minimum atomic E-state index is -0.565. The van der Waals surface area contributed by atoms with Crippen LogP contribution in [-0.4, -0.2) is 37.9 Å². The van der Waals surface area contributed by atoms with Gasteiger partial charge in [-0.3, -0.25) is 9.59 Å². The molecule has 0 spiro atoms. The zero-order valence-corrected chi connectivity index (χ0v) is 42.0. The molecule has 64 heavy (non-hydrogen) atoms. The van der Waals surface area contributed by atoms with E-state index in [0.29, 0.717) is 19.4 Å². The number of hydrogen-bond acceptors (Lipinski definition) is 5. The van der Waals surface area contributed by atoms with Crippen molar-refractivity contribution in [2.24, 2.45) is 0 Å². The van der Waals surface area contributed by atoms with Crippen LogP contribution in [0.5, 0.6) is 0 Å². The van der Waals surface area contributed by atoms with Gasteiger partial charge < -0.3 is 14.2 Å². The topological polar surface area (TPSA) is 61.8 Å². The van der Waals surface area contributed by atoms with Crippen LogP contribution >= 0.6 is 0 Å². The van der Waals surface area contributed by atoms with Crippen LogP contribution in [0, 0.1) is 0 Å². The van der Waals surface area contributed by atoms with Gasteiger partial charge in [0.25, 0.3) is 0 Å². The van der Waals surface area contributed by atoms with E-state index in [-0.39, 0.29) is 25.2 Å². The predicted molar refractivity (Wildman–Crippen MR) is 279 cm³/mol. The van der Waals surface area contributed by atoms with Crippen molar-refractivity contribution in [2.75, 3.05) is 19.8 Å². The average molecular weight is 889 g/mol. The van der Waals surface area contributed by atoms with Gasteiger partial charge >= 0.3 is 11.9 Å². The molecule has 0 saturated carbocycles. The smallest absolute Gasteiger partial charge is 0.306 e. The Hall–Kier alpha value is -3.18. The van der Waals surface area contributed by atoms with E-state index >= 15 is 0 Å². The monoisotopic (exact) mass is 889 g/mol. The van der Waals surface area contributed by atoms with Gasteiger partial charge in [-0.05, 0) is 116 Å². The van der Waals surface area contributed by atoms with E-state index in [0.717, 1.165) is 109 Å². The molecule has 0 fully saturated rings. The van der Waals surface area contributed by atoms with Crippen molar-refractivity contribution in [3.8, 4) is 0 Å². The summed E-state index contributed by atoms with van der Waals surface area (Å²) < 4.78 is 17.4. The molecule has 5 nitrogen and oxygen atoms in total. The lowest BCUT2D eigenvalue weighted by Gasteiger charge is -2.18. The SMILES string of the molecule is CC/C=C\C/C=C\C/C=C\C/C=C\C/C=C\CCCCCC(=O)OCC(COCCCCCCCC/C=C\CCCCCCCC)OC(=O)CCCCCCC/C=C\C/C=C\CCC. The molecule has 0 bridgehead atoms. The second-order valence-corrected chi connectivity index (χ2v) is 17.4. The minimum absolute atomic E-state index is 0.0555. The fourth-order valence-corrected chi connectivity index (χ4v) is 7.10. The van der Waals surface area contributed by atoms with E-state index in [1.54, 1.807) is 0 Å². The summed E-state index contributed by atoms with van der Waals surface area (Å²) in [6.45, 7) is 7.59. The fourth-order valence-electron chi connectivity index (χ4n) is 7.10. The maximum atomic E-state index is 12.8. The van der Waals surface area contributed by atoms with Crippen LogP contribution in [0.2, 0.25) is 0 Å². The Labute approximate surface area is 396 Å². The molecule has 0 saturated heterocycles. The number of carbonyl (C=O) groups is 2. The van der Waals surface area contributed by atoms with Crippen molar-refractivity contribution >= 4 is 11.9 Å². The summed E-state index contributed by atoms with van der Waals surface area (Å²) in [5.74, 6) is -0.456. The largest absolute Gasteiger partial charge is 0.462 e. The predicted octanol–water partition coefficient (Wildman–Crippen LogP) is 18.2. The van der Waals surface area contributed by atoms with Crippen LogP contribution in [0.4, 0.5) is 0 Å². The Balaban J connectivity index is 4.36. The second kappa shape index (κ2) is 54.2. The Kier molecular flexibility index (Phi) is 51.5. The highest BCUT2D eigenvalue weighted by Crippen LogP contribution is 2.13. The molecule has 0 amide bonds. The number of hydrogen-bond donors (Lipinski definition) is 0. The lowest BCUT2D eigenvalue weighted by Crippen LogP contribution is -2.30. The van der Waals surface area contributed by atoms with E-state index < -0.39 is 6.10 Å². The van der Waals surface area contributed by atoms with E-state index in [1.165, 1.54) is 96.3 Å². The summed E-state index contributed by atoms with van der Waals surface area (Å²) in [4.78, 5) is 25.4. The standard InChI is InChI=1S/C59H100O5/c1-4-7-10-13-16-19-22-25-27-29-30-31-32-35-37-40-43-46-49-52-58(60)63-56-57(64-59(61)53-50-47-44-41-38-34-24-21-18-15-12-9-6-3)55-62-54-51-48-45-42-39-36-33-28-26-23-20-17-14-11-8-5-2/h7,10,12,15-16,19,21,24-28,30-31,35,37,57H,4-6,8-9,11,13-14,17-18,20,22-23,29,32-34,36,38-56H2,1-3H3/b10-7-,15-12-,19-16-,24-21-,27-25-,28-26-,31-30-,37-35-. The molecule has 5 heteroatoms. The molecule has 0 aliphatic rings. The molecule has 0 N–H and O–H groups in total. The van der Waals surface area contributed by atoms with Gasteiger partial charge in [-0.1, -0.05) is 208 Å². The van der Waals surface area contributed by atoms with Crippen molar-refractivity contribution < 1.29 is 23.8 Å². The van der Waals surface area contributed by atoms with Crippen molar-refractivity contribution in [3.05, 3.63) is 97.2 Å². The first kappa shape index (κ1) is 60.8. The number of esters is 2. The number of ether oxygens (including phenoxy) is 3. The van der Waals surface area contributed by atoms with Crippen LogP contribution < -0.4 is 0 Å². The minimum Gasteiger partial charge on any atom is -0.462 e. The summed E-state index contributed by atoms with van der Waals surface area (Å²) in [6.07, 6.45) is 72.7. The third-order valence-electron chi connectivity index (χ3n) is 11.1. The molecular formula is C59H100O5. The molecule has 0 aliphatic carbocycles. The van der Waals surface area contributed by atoms with Gasteiger partial charge in [0.05, 0.1) is 6.61 Å². The Morgan fingerprint density at radius 1 is 0.359 bits per heavy atom. The first-order valence-electron chi connectivity index (χ1n) is 26.8. The normalized spacial score (nSPS) is 13.0. The average Bonchev–Trinajstić information content (AvgIpc) is 3.30. The maximum Gasteiger partial charge on any atom is 0.306 e. The van der Waals surface area contributed by atoms with Crippen LogP contribution in [-0.2, 0) is 23.8 Å². The summed E-state index contributed by atoms with van der Waals surface area (Å²) in [7, 11) is 0. The molecule has 0 rings (SSSR count). The lowest BCUT2D eigenvalue weighted by atomic mass is 10.1. The lowest BCUT2D eigenvalue weighted by molar-refractivity contribution is -0.163. The number of rotatable bonds is 48. The van der Waals surface area contributed by atoms with E-state index in [9.17, 15) is 9.59 Å². The van der Waals surface area contributed by atoms with Gasteiger partial charge in [0.2, 0.25) is 0 Å². The molecule has 0 aliphatic heterocycles. The summed E-state index contributed by atoms with van der Waals surface area (Å²) in [5, 5.41) is 0. The van der Waals surface area contributed by atoms with Crippen molar-refractivity contribution in [1.29, 1.82) is 0 Å². The summed E-state index contributed by atoms with van der Waals surface area (Å²) >= 11 is 0. The van der Waals surface area contributed by atoms with Gasteiger partial charge in [0, 0.05) is 19.4 Å². The highest BCUT2D eigenvalue weighted by atomic mass is 16.6.